The van der Waals surface area contributed by atoms with Crippen LogP contribution in [0.2, 0.25) is 0 Å². The fraction of sp³-hybridized carbons (Fsp3) is 0.636. The van der Waals surface area contributed by atoms with Crippen LogP contribution in [-0.4, -0.2) is 16.9 Å². The van der Waals surface area contributed by atoms with Gasteiger partial charge < -0.3 is 5.11 Å². The number of allylic oxidation sites excluding steroid dienone is 1. The van der Waals surface area contributed by atoms with E-state index in [0.29, 0.717) is 12.8 Å². The highest BCUT2D eigenvalue weighted by Gasteiger charge is 2.36. The van der Waals surface area contributed by atoms with Crippen molar-refractivity contribution in [3.63, 3.8) is 0 Å². The number of carbonyl (C=O) groups is 2. The maximum Gasteiger partial charge on any atom is 0.307 e. The zero-order valence-corrected chi connectivity index (χ0v) is 8.40. The molecule has 1 saturated carbocycles. The standard InChI is InChI=1S/C11H16O3/c1-3-8-4-5-9(7(2)12)10(6-8)11(13)14/h3,8-10H,1,4-6H2,2H3,(H,13,14). The van der Waals surface area contributed by atoms with Crippen molar-refractivity contribution in [2.24, 2.45) is 17.8 Å². The first-order valence-electron chi connectivity index (χ1n) is 4.92. The molecule has 78 valence electrons. The van der Waals surface area contributed by atoms with E-state index in [1.54, 1.807) is 6.08 Å². The Morgan fingerprint density at radius 1 is 1.36 bits per heavy atom. The summed E-state index contributed by atoms with van der Waals surface area (Å²) in [5.41, 5.74) is 0. The highest BCUT2D eigenvalue weighted by atomic mass is 16.4. The zero-order chi connectivity index (χ0) is 10.7. The lowest BCUT2D eigenvalue weighted by Gasteiger charge is -2.30. The number of rotatable bonds is 3. The van der Waals surface area contributed by atoms with Gasteiger partial charge in [-0.25, -0.2) is 0 Å². The maximum absolute atomic E-state index is 11.2. The first kappa shape index (κ1) is 11.0. The summed E-state index contributed by atoms with van der Waals surface area (Å²) in [6.45, 7) is 5.15. The molecule has 3 heteroatoms. The summed E-state index contributed by atoms with van der Waals surface area (Å²) >= 11 is 0. The lowest BCUT2D eigenvalue weighted by atomic mass is 9.72. The van der Waals surface area contributed by atoms with Crippen LogP contribution < -0.4 is 0 Å². The number of carboxylic acids is 1. The normalized spacial score (nSPS) is 32.2. The average molecular weight is 196 g/mol. The Balaban J connectivity index is 2.75. The van der Waals surface area contributed by atoms with Crippen molar-refractivity contribution in [2.75, 3.05) is 0 Å². The minimum absolute atomic E-state index is 0.0000813. The highest BCUT2D eigenvalue weighted by Crippen LogP contribution is 2.35. The van der Waals surface area contributed by atoms with Crippen LogP contribution in [0.1, 0.15) is 26.2 Å². The summed E-state index contributed by atoms with van der Waals surface area (Å²) in [5.74, 6) is -1.39. The molecule has 1 fully saturated rings. The molecule has 0 heterocycles. The maximum atomic E-state index is 11.2. The second-order valence-corrected chi connectivity index (χ2v) is 3.97. The Labute approximate surface area is 83.8 Å². The van der Waals surface area contributed by atoms with E-state index in [-0.39, 0.29) is 17.6 Å². The largest absolute Gasteiger partial charge is 0.481 e. The quantitative estimate of drug-likeness (QED) is 0.701. The predicted octanol–water partition coefficient (Wildman–Crippen LogP) is 1.88. The number of ketones is 1. The van der Waals surface area contributed by atoms with Crippen LogP contribution in [0, 0.1) is 17.8 Å². The number of aliphatic carboxylic acids is 1. The van der Waals surface area contributed by atoms with Gasteiger partial charge in [0.2, 0.25) is 0 Å². The number of carbonyl (C=O) groups excluding carboxylic acids is 1. The molecular formula is C11H16O3. The van der Waals surface area contributed by atoms with E-state index in [2.05, 4.69) is 6.58 Å². The van der Waals surface area contributed by atoms with Crippen molar-refractivity contribution in [1.29, 1.82) is 0 Å². The summed E-state index contributed by atoms with van der Waals surface area (Å²) in [7, 11) is 0. The molecule has 3 unspecified atom stereocenters. The smallest absolute Gasteiger partial charge is 0.307 e. The van der Waals surface area contributed by atoms with Crippen molar-refractivity contribution in [2.45, 2.75) is 26.2 Å². The molecule has 1 rings (SSSR count). The summed E-state index contributed by atoms with van der Waals surface area (Å²) in [5, 5.41) is 8.98. The summed E-state index contributed by atoms with van der Waals surface area (Å²) in [4.78, 5) is 22.2. The number of Topliss-reactive ketones (excluding diaryl/α,β-unsaturated/α-hetero) is 1. The number of hydrogen-bond donors (Lipinski definition) is 1. The highest BCUT2D eigenvalue weighted by molar-refractivity contribution is 5.84. The minimum Gasteiger partial charge on any atom is -0.481 e. The van der Waals surface area contributed by atoms with E-state index in [1.165, 1.54) is 6.92 Å². The second-order valence-electron chi connectivity index (χ2n) is 3.97. The van der Waals surface area contributed by atoms with Gasteiger partial charge in [-0.05, 0) is 32.1 Å². The fourth-order valence-electron chi connectivity index (χ4n) is 2.18. The minimum atomic E-state index is -0.850. The topological polar surface area (TPSA) is 54.4 Å². The Kier molecular flexibility index (Phi) is 3.44. The Morgan fingerprint density at radius 3 is 2.43 bits per heavy atom. The van der Waals surface area contributed by atoms with Crippen LogP contribution in [-0.2, 0) is 9.59 Å². The molecule has 1 aliphatic carbocycles. The molecular weight excluding hydrogens is 180 g/mol. The second kappa shape index (κ2) is 4.40. The predicted molar refractivity (Wildman–Crippen MR) is 52.8 cm³/mol. The van der Waals surface area contributed by atoms with Crippen molar-refractivity contribution in [1.82, 2.24) is 0 Å². The lowest BCUT2D eigenvalue weighted by Crippen LogP contribution is -2.34. The molecule has 0 radical (unpaired) electrons. The molecule has 0 aliphatic heterocycles. The Hall–Kier alpha value is -1.12. The van der Waals surface area contributed by atoms with Gasteiger partial charge >= 0.3 is 5.97 Å². The molecule has 0 saturated heterocycles. The van der Waals surface area contributed by atoms with Crippen LogP contribution in [0.5, 0.6) is 0 Å². The van der Waals surface area contributed by atoms with E-state index in [1.807, 2.05) is 0 Å². The van der Waals surface area contributed by atoms with Crippen LogP contribution in [0.3, 0.4) is 0 Å². The van der Waals surface area contributed by atoms with E-state index in [4.69, 9.17) is 5.11 Å². The average Bonchev–Trinajstić information content (AvgIpc) is 2.16. The van der Waals surface area contributed by atoms with Crippen molar-refractivity contribution in [3.05, 3.63) is 12.7 Å². The molecule has 0 aromatic heterocycles. The van der Waals surface area contributed by atoms with Gasteiger partial charge in [0, 0.05) is 5.92 Å². The SMILES string of the molecule is C=CC1CCC(C(C)=O)C(C(=O)O)C1. The van der Waals surface area contributed by atoms with Gasteiger partial charge in [0.15, 0.2) is 0 Å². The van der Waals surface area contributed by atoms with Crippen LogP contribution >= 0.6 is 0 Å². The Bertz CT molecular complexity index is 257. The third kappa shape index (κ3) is 2.22. The zero-order valence-electron chi connectivity index (χ0n) is 8.40. The van der Waals surface area contributed by atoms with Gasteiger partial charge in [-0.1, -0.05) is 6.08 Å². The van der Waals surface area contributed by atoms with Gasteiger partial charge in [0.1, 0.15) is 5.78 Å². The molecule has 14 heavy (non-hydrogen) atoms. The summed E-state index contributed by atoms with van der Waals surface area (Å²) in [6, 6.07) is 0. The molecule has 0 aromatic carbocycles. The van der Waals surface area contributed by atoms with Gasteiger partial charge in [0.05, 0.1) is 5.92 Å². The molecule has 3 atom stereocenters. The van der Waals surface area contributed by atoms with Crippen molar-refractivity contribution in [3.8, 4) is 0 Å². The lowest BCUT2D eigenvalue weighted by molar-refractivity contribution is -0.148. The molecule has 0 bridgehead atoms. The van der Waals surface area contributed by atoms with Crippen LogP contribution in [0.25, 0.3) is 0 Å². The molecule has 1 N–H and O–H groups in total. The monoisotopic (exact) mass is 196 g/mol. The number of hydrogen-bond acceptors (Lipinski definition) is 2. The van der Waals surface area contributed by atoms with Crippen LogP contribution in [0.4, 0.5) is 0 Å². The third-order valence-electron chi connectivity index (χ3n) is 3.06. The van der Waals surface area contributed by atoms with E-state index in [0.717, 1.165) is 6.42 Å². The van der Waals surface area contributed by atoms with E-state index >= 15 is 0 Å². The first-order valence-corrected chi connectivity index (χ1v) is 4.92. The molecule has 0 spiro atoms. The third-order valence-corrected chi connectivity index (χ3v) is 3.06. The van der Waals surface area contributed by atoms with Gasteiger partial charge in [0.25, 0.3) is 0 Å². The molecule has 3 nitrogen and oxygen atoms in total. The first-order chi connectivity index (χ1) is 6.56. The van der Waals surface area contributed by atoms with Gasteiger partial charge in [-0.3, -0.25) is 9.59 Å². The van der Waals surface area contributed by atoms with Crippen LogP contribution in [0.15, 0.2) is 12.7 Å². The van der Waals surface area contributed by atoms with Gasteiger partial charge in [-0.2, -0.15) is 0 Å². The van der Waals surface area contributed by atoms with Crippen molar-refractivity contribution < 1.29 is 14.7 Å². The summed E-state index contributed by atoms with van der Waals surface area (Å²) in [6.07, 6.45) is 3.93. The van der Waals surface area contributed by atoms with Gasteiger partial charge in [-0.15, -0.1) is 6.58 Å². The van der Waals surface area contributed by atoms with E-state index in [9.17, 15) is 9.59 Å². The van der Waals surface area contributed by atoms with E-state index < -0.39 is 11.9 Å². The Morgan fingerprint density at radius 2 is 2.00 bits per heavy atom. The summed E-state index contributed by atoms with van der Waals surface area (Å²) < 4.78 is 0. The molecule has 1 aliphatic rings. The fourth-order valence-corrected chi connectivity index (χ4v) is 2.18. The number of carboxylic acid groups (broad SMARTS) is 1. The molecule has 0 aromatic rings. The molecule has 0 amide bonds. The van der Waals surface area contributed by atoms with Crippen molar-refractivity contribution >= 4 is 11.8 Å².